The summed E-state index contributed by atoms with van der Waals surface area (Å²) in [5, 5.41) is 7.69. The molecule has 0 unspecified atom stereocenters. The van der Waals surface area contributed by atoms with E-state index in [0.29, 0.717) is 11.2 Å². The van der Waals surface area contributed by atoms with Crippen LogP contribution in [0.15, 0.2) is 0 Å². The first-order valence-electron chi connectivity index (χ1n) is 4.82. The molecule has 3 nitrogen and oxygen atoms in total. The van der Waals surface area contributed by atoms with Crippen LogP contribution in [0.2, 0.25) is 0 Å². The molecule has 1 aromatic heterocycles. The van der Waals surface area contributed by atoms with Crippen LogP contribution in [-0.4, -0.2) is 20.4 Å². The van der Waals surface area contributed by atoms with Gasteiger partial charge in [-0.25, -0.2) is 4.98 Å². The molecule has 1 aliphatic rings. The minimum atomic E-state index is 0.563. The van der Waals surface area contributed by atoms with Crippen LogP contribution in [0.4, 0.5) is 0 Å². The van der Waals surface area contributed by atoms with Crippen molar-refractivity contribution < 1.29 is 0 Å². The van der Waals surface area contributed by atoms with Crippen LogP contribution in [0.3, 0.4) is 0 Å². The molecule has 0 spiro atoms. The Morgan fingerprint density at radius 1 is 1.31 bits per heavy atom. The molecule has 1 N–H and O–H groups in total. The van der Waals surface area contributed by atoms with Crippen molar-refractivity contribution in [3.05, 3.63) is 11.6 Å². The van der Waals surface area contributed by atoms with Gasteiger partial charge in [-0.2, -0.15) is 17.7 Å². The van der Waals surface area contributed by atoms with Crippen molar-refractivity contribution in [2.24, 2.45) is 0 Å². The summed E-state index contributed by atoms with van der Waals surface area (Å²) in [4.78, 5) is 4.37. The number of hydrogen-bond donors (Lipinski definition) is 2. The highest BCUT2D eigenvalue weighted by Crippen LogP contribution is 2.32. The normalized spacial score (nSPS) is 29.1. The van der Waals surface area contributed by atoms with Crippen molar-refractivity contribution in [1.29, 1.82) is 0 Å². The summed E-state index contributed by atoms with van der Waals surface area (Å²) in [6.07, 6.45) is 4.76. The summed E-state index contributed by atoms with van der Waals surface area (Å²) in [5.41, 5.74) is 0. The zero-order valence-electron chi connectivity index (χ0n) is 7.82. The number of nitrogens with one attached hydrogen (secondary N) is 1. The van der Waals surface area contributed by atoms with Crippen LogP contribution in [0, 0.1) is 6.92 Å². The maximum Gasteiger partial charge on any atom is 0.153 e. The number of rotatable bonds is 1. The Labute approximate surface area is 83.8 Å². The molecule has 4 heteroatoms. The van der Waals surface area contributed by atoms with Gasteiger partial charge in [-0.15, -0.1) is 0 Å². The van der Waals surface area contributed by atoms with Gasteiger partial charge in [0, 0.05) is 11.2 Å². The fourth-order valence-corrected chi connectivity index (χ4v) is 2.17. The van der Waals surface area contributed by atoms with Crippen LogP contribution >= 0.6 is 12.6 Å². The first kappa shape index (κ1) is 9.06. The first-order valence-corrected chi connectivity index (χ1v) is 5.34. The predicted octanol–water partition coefficient (Wildman–Crippen LogP) is 2.07. The third-order valence-corrected chi connectivity index (χ3v) is 3.19. The van der Waals surface area contributed by atoms with Crippen molar-refractivity contribution in [3.63, 3.8) is 0 Å². The zero-order valence-corrected chi connectivity index (χ0v) is 8.72. The van der Waals surface area contributed by atoms with E-state index in [2.05, 4.69) is 27.8 Å². The topological polar surface area (TPSA) is 41.6 Å². The molecule has 2 rings (SSSR count). The number of thiol groups is 1. The van der Waals surface area contributed by atoms with Crippen LogP contribution in [0.25, 0.3) is 0 Å². The monoisotopic (exact) mass is 197 g/mol. The molecule has 1 aromatic rings. The fraction of sp³-hybridized carbons (Fsp3) is 0.778. The third-order valence-electron chi connectivity index (χ3n) is 2.68. The molecular weight excluding hydrogens is 182 g/mol. The van der Waals surface area contributed by atoms with Crippen molar-refractivity contribution in [2.75, 3.05) is 0 Å². The SMILES string of the molecule is Cc1nc(C2CCC(S)CC2)n[nH]1. The maximum atomic E-state index is 4.47. The van der Waals surface area contributed by atoms with Gasteiger partial charge in [0.05, 0.1) is 0 Å². The van der Waals surface area contributed by atoms with E-state index in [1.54, 1.807) is 0 Å². The van der Waals surface area contributed by atoms with Crippen molar-refractivity contribution >= 4 is 12.6 Å². The van der Waals surface area contributed by atoms with Gasteiger partial charge in [0.15, 0.2) is 5.82 Å². The average molecular weight is 197 g/mol. The van der Waals surface area contributed by atoms with E-state index < -0.39 is 0 Å². The van der Waals surface area contributed by atoms with E-state index >= 15 is 0 Å². The Balaban J connectivity index is 2.02. The van der Waals surface area contributed by atoms with E-state index in [0.717, 1.165) is 11.6 Å². The summed E-state index contributed by atoms with van der Waals surface area (Å²) in [6, 6.07) is 0. The molecule has 0 bridgehead atoms. The number of aryl methyl sites for hydroxylation is 1. The second kappa shape index (κ2) is 3.70. The quantitative estimate of drug-likeness (QED) is 0.677. The summed E-state index contributed by atoms with van der Waals surface area (Å²) >= 11 is 4.47. The largest absolute Gasteiger partial charge is 0.263 e. The van der Waals surface area contributed by atoms with E-state index in [9.17, 15) is 0 Å². The summed E-state index contributed by atoms with van der Waals surface area (Å²) in [5.74, 6) is 2.48. The molecule has 1 aliphatic carbocycles. The molecule has 13 heavy (non-hydrogen) atoms. The highest BCUT2D eigenvalue weighted by atomic mass is 32.1. The molecule has 0 atom stereocenters. The van der Waals surface area contributed by atoms with Gasteiger partial charge in [-0.3, -0.25) is 5.10 Å². The van der Waals surface area contributed by atoms with Gasteiger partial charge >= 0.3 is 0 Å². The Bertz CT molecular complexity index is 276. The molecule has 1 fully saturated rings. The molecule has 72 valence electrons. The van der Waals surface area contributed by atoms with E-state index in [1.807, 2.05) is 6.92 Å². The minimum absolute atomic E-state index is 0.563. The van der Waals surface area contributed by atoms with E-state index in [1.165, 1.54) is 25.7 Å². The second-order valence-electron chi connectivity index (χ2n) is 3.78. The second-order valence-corrected chi connectivity index (χ2v) is 4.51. The fourth-order valence-electron chi connectivity index (χ4n) is 1.88. The molecule has 1 heterocycles. The molecule has 0 radical (unpaired) electrons. The first-order chi connectivity index (χ1) is 6.25. The maximum absolute atomic E-state index is 4.47. The van der Waals surface area contributed by atoms with Gasteiger partial charge in [-0.1, -0.05) is 0 Å². The Morgan fingerprint density at radius 2 is 2.00 bits per heavy atom. The van der Waals surface area contributed by atoms with Crippen molar-refractivity contribution in [1.82, 2.24) is 15.2 Å². The van der Waals surface area contributed by atoms with Gasteiger partial charge < -0.3 is 0 Å². The Morgan fingerprint density at radius 3 is 2.54 bits per heavy atom. The summed E-state index contributed by atoms with van der Waals surface area (Å²) < 4.78 is 0. The molecule has 0 saturated heterocycles. The van der Waals surface area contributed by atoms with Crippen molar-refractivity contribution in [3.8, 4) is 0 Å². The predicted molar refractivity (Wildman–Crippen MR) is 55.1 cm³/mol. The lowest BCUT2D eigenvalue weighted by atomic mass is 9.88. The third kappa shape index (κ3) is 2.05. The van der Waals surface area contributed by atoms with Crippen LogP contribution in [0.5, 0.6) is 0 Å². The van der Waals surface area contributed by atoms with Crippen LogP contribution in [0.1, 0.15) is 43.3 Å². The lowest BCUT2D eigenvalue weighted by Crippen LogP contribution is -2.14. The average Bonchev–Trinajstić information content (AvgIpc) is 2.53. The van der Waals surface area contributed by atoms with E-state index in [-0.39, 0.29) is 0 Å². The smallest absolute Gasteiger partial charge is 0.153 e. The van der Waals surface area contributed by atoms with Gasteiger partial charge in [0.25, 0.3) is 0 Å². The van der Waals surface area contributed by atoms with E-state index in [4.69, 9.17) is 0 Å². The highest BCUT2D eigenvalue weighted by molar-refractivity contribution is 7.80. The highest BCUT2D eigenvalue weighted by Gasteiger charge is 2.22. The number of H-pyrrole nitrogens is 1. The van der Waals surface area contributed by atoms with Crippen LogP contribution in [-0.2, 0) is 0 Å². The minimum Gasteiger partial charge on any atom is -0.263 e. The van der Waals surface area contributed by atoms with Crippen LogP contribution < -0.4 is 0 Å². The van der Waals surface area contributed by atoms with Gasteiger partial charge in [-0.05, 0) is 32.6 Å². The Kier molecular flexibility index (Phi) is 2.58. The molecule has 0 aromatic carbocycles. The lowest BCUT2D eigenvalue weighted by molar-refractivity contribution is 0.439. The number of aromatic nitrogens is 3. The standard InChI is InChI=1S/C9H15N3S/c1-6-10-9(12-11-6)7-2-4-8(13)5-3-7/h7-8,13H,2-5H2,1H3,(H,10,11,12). The molecular formula is C9H15N3S. The van der Waals surface area contributed by atoms with Gasteiger partial charge in [0.1, 0.15) is 5.82 Å². The zero-order chi connectivity index (χ0) is 9.26. The summed E-state index contributed by atoms with van der Waals surface area (Å²) in [7, 11) is 0. The number of aromatic amines is 1. The number of hydrogen-bond acceptors (Lipinski definition) is 3. The van der Waals surface area contributed by atoms with Crippen molar-refractivity contribution in [2.45, 2.75) is 43.8 Å². The molecule has 0 amide bonds. The Hall–Kier alpha value is -0.510. The molecule has 0 aliphatic heterocycles. The van der Waals surface area contributed by atoms with Gasteiger partial charge in [0.2, 0.25) is 0 Å². The summed E-state index contributed by atoms with van der Waals surface area (Å²) in [6.45, 7) is 1.95. The lowest BCUT2D eigenvalue weighted by Gasteiger charge is -2.23. The molecule has 1 saturated carbocycles. The number of nitrogens with zero attached hydrogens (tertiary/aromatic N) is 2.